The number of carbonyl (C=O) groups excluding carboxylic acids is 2. The first kappa shape index (κ1) is 17.6. The molecule has 1 aliphatic rings. The molecule has 2 heterocycles. The predicted octanol–water partition coefficient (Wildman–Crippen LogP) is 2.56. The molecule has 2 rings (SSSR count). The number of piperidine rings is 1. The summed E-state index contributed by atoms with van der Waals surface area (Å²) in [5, 5.41) is 3.08. The summed E-state index contributed by atoms with van der Waals surface area (Å²) >= 11 is 0. The minimum atomic E-state index is 0.0270. The van der Waals surface area contributed by atoms with Crippen LogP contribution >= 0.6 is 0 Å². The number of hydrogen-bond donors (Lipinski definition) is 1. The molecule has 0 aliphatic carbocycles. The standard InChI is InChI=1S/C18H29N3O2/c1-12(2)21-13(3)10-17(14(21)4)11-19-18(23)16-6-8-20(9-7-16)15(5)22/h10,12,16H,6-9,11H2,1-5H3,(H,19,23). The molecule has 0 unspecified atom stereocenters. The maximum Gasteiger partial charge on any atom is 0.223 e. The molecule has 23 heavy (non-hydrogen) atoms. The molecular weight excluding hydrogens is 290 g/mol. The molecule has 0 saturated carbocycles. The van der Waals surface area contributed by atoms with E-state index in [0.717, 1.165) is 12.8 Å². The van der Waals surface area contributed by atoms with Crippen LogP contribution in [-0.4, -0.2) is 34.4 Å². The molecule has 1 saturated heterocycles. The molecule has 1 fully saturated rings. The Bertz CT molecular complexity index is 581. The van der Waals surface area contributed by atoms with Gasteiger partial charge in [-0.1, -0.05) is 0 Å². The first-order chi connectivity index (χ1) is 10.8. The number of likely N-dealkylation sites (tertiary alicyclic amines) is 1. The van der Waals surface area contributed by atoms with E-state index in [1.807, 2.05) is 4.90 Å². The highest BCUT2D eigenvalue weighted by Gasteiger charge is 2.26. The fraction of sp³-hybridized carbons (Fsp3) is 0.667. The van der Waals surface area contributed by atoms with E-state index in [-0.39, 0.29) is 17.7 Å². The Hall–Kier alpha value is -1.78. The van der Waals surface area contributed by atoms with Gasteiger partial charge in [0.25, 0.3) is 0 Å². The number of amides is 2. The van der Waals surface area contributed by atoms with Crippen LogP contribution in [-0.2, 0) is 16.1 Å². The van der Waals surface area contributed by atoms with Crippen molar-refractivity contribution in [1.29, 1.82) is 0 Å². The van der Waals surface area contributed by atoms with E-state index in [4.69, 9.17) is 0 Å². The van der Waals surface area contributed by atoms with Crippen molar-refractivity contribution in [2.24, 2.45) is 5.92 Å². The molecule has 5 heteroatoms. The first-order valence-corrected chi connectivity index (χ1v) is 8.51. The molecule has 0 aromatic carbocycles. The summed E-state index contributed by atoms with van der Waals surface area (Å²) in [6, 6.07) is 2.59. The zero-order valence-electron chi connectivity index (χ0n) is 15.0. The van der Waals surface area contributed by atoms with Gasteiger partial charge in [-0.2, -0.15) is 0 Å². The maximum atomic E-state index is 12.4. The largest absolute Gasteiger partial charge is 0.352 e. The van der Waals surface area contributed by atoms with Crippen LogP contribution in [0.3, 0.4) is 0 Å². The molecule has 0 radical (unpaired) electrons. The monoisotopic (exact) mass is 319 g/mol. The molecule has 1 aliphatic heterocycles. The lowest BCUT2D eigenvalue weighted by Gasteiger charge is -2.30. The van der Waals surface area contributed by atoms with E-state index in [2.05, 4.69) is 43.6 Å². The van der Waals surface area contributed by atoms with Crippen molar-refractivity contribution in [2.75, 3.05) is 13.1 Å². The third-order valence-corrected chi connectivity index (χ3v) is 4.87. The third-order valence-electron chi connectivity index (χ3n) is 4.87. The zero-order valence-corrected chi connectivity index (χ0v) is 15.0. The van der Waals surface area contributed by atoms with Crippen LogP contribution in [0.1, 0.15) is 56.6 Å². The number of aryl methyl sites for hydroxylation is 1. The highest BCUT2D eigenvalue weighted by molar-refractivity contribution is 5.79. The van der Waals surface area contributed by atoms with Crippen LogP contribution in [0.2, 0.25) is 0 Å². The van der Waals surface area contributed by atoms with Gasteiger partial charge < -0.3 is 14.8 Å². The Kier molecular flexibility index (Phi) is 5.50. The minimum Gasteiger partial charge on any atom is -0.352 e. The summed E-state index contributed by atoms with van der Waals surface area (Å²) in [4.78, 5) is 25.5. The van der Waals surface area contributed by atoms with E-state index >= 15 is 0 Å². The van der Waals surface area contributed by atoms with E-state index < -0.39 is 0 Å². The smallest absolute Gasteiger partial charge is 0.223 e. The van der Waals surface area contributed by atoms with Crippen LogP contribution < -0.4 is 5.32 Å². The van der Waals surface area contributed by atoms with Crippen LogP contribution in [0.15, 0.2) is 6.07 Å². The van der Waals surface area contributed by atoms with E-state index in [9.17, 15) is 9.59 Å². The minimum absolute atomic E-state index is 0.0270. The second kappa shape index (κ2) is 7.20. The van der Waals surface area contributed by atoms with Crippen molar-refractivity contribution >= 4 is 11.8 Å². The van der Waals surface area contributed by atoms with Crippen LogP contribution in [0.25, 0.3) is 0 Å². The number of nitrogens with one attached hydrogen (secondary N) is 1. The Morgan fingerprint density at radius 1 is 1.26 bits per heavy atom. The molecule has 1 aromatic heterocycles. The predicted molar refractivity (Wildman–Crippen MR) is 91.1 cm³/mol. The molecule has 5 nitrogen and oxygen atoms in total. The second-order valence-electron chi connectivity index (χ2n) is 6.86. The average Bonchev–Trinajstić information content (AvgIpc) is 2.79. The summed E-state index contributed by atoms with van der Waals surface area (Å²) in [7, 11) is 0. The Morgan fingerprint density at radius 3 is 2.35 bits per heavy atom. The second-order valence-corrected chi connectivity index (χ2v) is 6.86. The number of carbonyl (C=O) groups is 2. The van der Waals surface area contributed by atoms with Crippen molar-refractivity contribution in [3.63, 3.8) is 0 Å². The third kappa shape index (κ3) is 3.95. The molecule has 0 bridgehead atoms. The summed E-state index contributed by atoms with van der Waals surface area (Å²) in [5.41, 5.74) is 3.64. The Balaban J connectivity index is 1.91. The fourth-order valence-electron chi connectivity index (χ4n) is 3.60. The lowest BCUT2D eigenvalue weighted by Crippen LogP contribution is -2.42. The summed E-state index contributed by atoms with van der Waals surface area (Å²) in [6.45, 7) is 12.1. The van der Waals surface area contributed by atoms with Gasteiger partial charge in [0.05, 0.1) is 0 Å². The quantitative estimate of drug-likeness (QED) is 0.927. The van der Waals surface area contributed by atoms with Gasteiger partial charge in [-0.05, 0) is 52.2 Å². The fourth-order valence-corrected chi connectivity index (χ4v) is 3.60. The van der Waals surface area contributed by atoms with Crippen LogP contribution in [0, 0.1) is 19.8 Å². The van der Waals surface area contributed by atoms with Gasteiger partial charge >= 0.3 is 0 Å². The molecule has 1 aromatic rings. The topological polar surface area (TPSA) is 54.3 Å². The van der Waals surface area contributed by atoms with Crippen molar-refractivity contribution in [1.82, 2.24) is 14.8 Å². The van der Waals surface area contributed by atoms with E-state index in [0.29, 0.717) is 25.7 Å². The van der Waals surface area contributed by atoms with Gasteiger partial charge in [-0.15, -0.1) is 0 Å². The van der Waals surface area contributed by atoms with Gasteiger partial charge in [0.15, 0.2) is 0 Å². The number of hydrogen-bond acceptors (Lipinski definition) is 2. The van der Waals surface area contributed by atoms with Gasteiger partial charge in [0.1, 0.15) is 0 Å². The molecule has 0 atom stereocenters. The number of nitrogens with zero attached hydrogens (tertiary/aromatic N) is 2. The van der Waals surface area contributed by atoms with E-state index in [1.165, 1.54) is 17.0 Å². The number of aromatic nitrogens is 1. The average molecular weight is 319 g/mol. The van der Waals surface area contributed by atoms with Crippen LogP contribution in [0.5, 0.6) is 0 Å². The van der Waals surface area contributed by atoms with Crippen molar-refractivity contribution in [3.05, 3.63) is 23.0 Å². The van der Waals surface area contributed by atoms with Crippen molar-refractivity contribution < 1.29 is 9.59 Å². The van der Waals surface area contributed by atoms with Crippen molar-refractivity contribution in [3.8, 4) is 0 Å². The molecule has 128 valence electrons. The normalized spacial score (nSPS) is 16.0. The van der Waals surface area contributed by atoms with Gasteiger partial charge in [0, 0.05) is 49.9 Å². The lowest BCUT2D eigenvalue weighted by molar-refractivity contribution is -0.134. The van der Waals surface area contributed by atoms with Crippen molar-refractivity contribution in [2.45, 2.75) is 60.0 Å². The maximum absolute atomic E-state index is 12.4. The SMILES string of the molecule is CC(=O)N1CCC(C(=O)NCc2cc(C)n(C(C)C)c2C)CC1. The Morgan fingerprint density at radius 2 is 1.87 bits per heavy atom. The van der Waals surface area contributed by atoms with Gasteiger partial charge in [-0.3, -0.25) is 9.59 Å². The van der Waals surface area contributed by atoms with Crippen LogP contribution in [0.4, 0.5) is 0 Å². The highest BCUT2D eigenvalue weighted by Crippen LogP contribution is 2.21. The zero-order chi connectivity index (χ0) is 17.1. The lowest BCUT2D eigenvalue weighted by atomic mass is 9.96. The van der Waals surface area contributed by atoms with E-state index in [1.54, 1.807) is 6.92 Å². The number of rotatable bonds is 4. The Labute approximate surface area is 139 Å². The molecular formula is C18H29N3O2. The highest BCUT2D eigenvalue weighted by atomic mass is 16.2. The van der Waals surface area contributed by atoms with Gasteiger partial charge in [-0.25, -0.2) is 0 Å². The first-order valence-electron chi connectivity index (χ1n) is 8.51. The summed E-state index contributed by atoms with van der Waals surface area (Å²) < 4.78 is 2.30. The summed E-state index contributed by atoms with van der Waals surface area (Å²) in [5.74, 6) is 0.242. The summed E-state index contributed by atoms with van der Waals surface area (Å²) in [6.07, 6.45) is 1.52. The molecule has 0 spiro atoms. The molecule has 2 amide bonds. The van der Waals surface area contributed by atoms with Gasteiger partial charge in [0.2, 0.25) is 11.8 Å². The molecule has 1 N–H and O–H groups in total.